The van der Waals surface area contributed by atoms with Gasteiger partial charge in [0.15, 0.2) is 4.80 Å². The Labute approximate surface area is 131 Å². The highest BCUT2D eigenvalue weighted by Crippen LogP contribution is 2.23. The normalized spacial score (nSPS) is 11.8. The lowest BCUT2D eigenvalue weighted by atomic mass is 10.1. The van der Waals surface area contributed by atoms with Crippen molar-refractivity contribution >= 4 is 33.1 Å². The Kier molecular flexibility index (Phi) is 4.73. The average molecular weight is 317 g/mol. The summed E-state index contributed by atoms with van der Waals surface area (Å²) in [5.41, 5.74) is 0.742. The fraction of sp³-hybridized carbons (Fsp3) is 0.333. The lowest BCUT2D eigenvalue weighted by Gasteiger charge is -2.00. The first-order valence-corrected chi connectivity index (χ1v) is 7.53. The molecule has 0 bridgehead atoms. The van der Waals surface area contributed by atoms with E-state index in [2.05, 4.69) is 10.9 Å². The van der Waals surface area contributed by atoms with Gasteiger partial charge in [0.1, 0.15) is 0 Å². The van der Waals surface area contributed by atoms with Crippen LogP contribution in [0.1, 0.15) is 20.3 Å². The number of carbonyl (C=O) groups excluding carboxylic acids is 1. The predicted octanol–water partition coefficient (Wildman–Crippen LogP) is 2.72. The topological polar surface area (TPSA) is 77.5 Å². The van der Waals surface area contributed by atoms with Crippen LogP contribution in [0.2, 0.25) is 0 Å². The minimum Gasteiger partial charge on any atom is -0.305 e. The van der Waals surface area contributed by atoms with Crippen LogP contribution < -0.4 is 4.80 Å². The Balaban J connectivity index is 2.60. The van der Waals surface area contributed by atoms with Crippen LogP contribution in [-0.2, 0) is 11.3 Å². The molecular formula is C15H15N3O3S. The second-order valence-electron chi connectivity index (χ2n) is 5.19. The van der Waals surface area contributed by atoms with Crippen molar-refractivity contribution < 1.29 is 9.72 Å². The Morgan fingerprint density at radius 2 is 2.27 bits per heavy atom. The molecule has 0 aliphatic carbocycles. The number of nitro benzene ring substituents is 1. The highest BCUT2D eigenvalue weighted by atomic mass is 32.1. The van der Waals surface area contributed by atoms with Crippen LogP contribution in [-0.4, -0.2) is 15.4 Å². The average Bonchev–Trinajstić information content (AvgIpc) is 2.75. The van der Waals surface area contributed by atoms with Crippen molar-refractivity contribution in [3.63, 3.8) is 0 Å². The number of fused-ring (bicyclic) bond motifs is 1. The van der Waals surface area contributed by atoms with E-state index in [-0.39, 0.29) is 24.1 Å². The number of benzene rings is 1. The van der Waals surface area contributed by atoms with Gasteiger partial charge in [-0.2, -0.15) is 4.99 Å². The Morgan fingerprint density at radius 3 is 2.86 bits per heavy atom. The molecule has 0 N–H and O–H groups in total. The molecule has 2 rings (SSSR count). The van der Waals surface area contributed by atoms with Gasteiger partial charge in [-0.05, 0) is 12.0 Å². The van der Waals surface area contributed by atoms with E-state index in [0.29, 0.717) is 15.9 Å². The number of nitro groups is 1. The third-order valence-electron chi connectivity index (χ3n) is 2.93. The SMILES string of the molecule is C#CCn1c(=NC(=O)CC(C)C)sc2cc([N+](=O)[O-])ccc21. The Hall–Kier alpha value is -2.46. The minimum absolute atomic E-state index is 0.00154. The summed E-state index contributed by atoms with van der Waals surface area (Å²) in [6.45, 7) is 4.14. The van der Waals surface area contributed by atoms with Crippen LogP contribution >= 0.6 is 11.3 Å². The molecule has 0 saturated carbocycles. The summed E-state index contributed by atoms with van der Waals surface area (Å²) in [7, 11) is 0. The first kappa shape index (κ1) is 15.9. The molecule has 0 aliphatic rings. The highest BCUT2D eigenvalue weighted by Gasteiger charge is 2.12. The zero-order chi connectivity index (χ0) is 16.3. The molecule has 1 amide bonds. The molecule has 1 aromatic carbocycles. The predicted molar refractivity (Wildman–Crippen MR) is 85.3 cm³/mol. The van der Waals surface area contributed by atoms with Gasteiger partial charge in [-0.25, -0.2) is 0 Å². The summed E-state index contributed by atoms with van der Waals surface area (Å²) in [4.78, 5) is 26.9. The summed E-state index contributed by atoms with van der Waals surface area (Å²) in [5, 5.41) is 10.9. The zero-order valence-electron chi connectivity index (χ0n) is 12.3. The van der Waals surface area contributed by atoms with Gasteiger partial charge in [-0.1, -0.05) is 31.1 Å². The van der Waals surface area contributed by atoms with E-state index in [1.54, 1.807) is 10.6 Å². The molecule has 1 heterocycles. The van der Waals surface area contributed by atoms with Gasteiger partial charge in [0, 0.05) is 18.6 Å². The quantitative estimate of drug-likeness (QED) is 0.494. The number of hydrogen-bond donors (Lipinski definition) is 0. The van der Waals surface area contributed by atoms with Crippen LogP contribution in [0.15, 0.2) is 23.2 Å². The third kappa shape index (κ3) is 3.40. The van der Waals surface area contributed by atoms with Gasteiger partial charge >= 0.3 is 0 Å². The van der Waals surface area contributed by atoms with Gasteiger partial charge in [0.25, 0.3) is 5.69 Å². The van der Waals surface area contributed by atoms with Crippen molar-refractivity contribution in [3.05, 3.63) is 33.1 Å². The van der Waals surface area contributed by atoms with Crippen LogP contribution in [0.4, 0.5) is 5.69 Å². The van der Waals surface area contributed by atoms with E-state index in [1.807, 2.05) is 13.8 Å². The molecule has 0 aliphatic heterocycles. The smallest absolute Gasteiger partial charge is 0.270 e. The lowest BCUT2D eigenvalue weighted by Crippen LogP contribution is -2.16. The number of amides is 1. The number of aromatic nitrogens is 1. The van der Waals surface area contributed by atoms with Crippen LogP contribution in [0.25, 0.3) is 10.2 Å². The lowest BCUT2D eigenvalue weighted by molar-refractivity contribution is -0.384. The molecule has 22 heavy (non-hydrogen) atoms. The molecule has 1 aromatic heterocycles. The first-order valence-electron chi connectivity index (χ1n) is 6.71. The number of non-ortho nitro benzene ring substituents is 1. The van der Waals surface area contributed by atoms with E-state index in [0.717, 1.165) is 5.52 Å². The second-order valence-corrected chi connectivity index (χ2v) is 6.20. The largest absolute Gasteiger partial charge is 0.305 e. The van der Waals surface area contributed by atoms with Gasteiger partial charge in [-0.3, -0.25) is 14.9 Å². The number of thiazole rings is 1. The summed E-state index contributed by atoms with van der Waals surface area (Å²) in [5.74, 6) is 2.51. The van der Waals surface area contributed by atoms with E-state index in [4.69, 9.17) is 6.42 Å². The maximum absolute atomic E-state index is 11.9. The van der Waals surface area contributed by atoms with E-state index in [1.165, 1.54) is 23.5 Å². The van der Waals surface area contributed by atoms with Crippen LogP contribution in [0.5, 0.6) is 0 Å². The molecule has 114 valence electrons. The maximum atomic E-state index is 11.9. The molecule has 0 atom stereocenters. The number of terminal acetylenes is 1. The summed E-state index contributed by atoms with van der Waals surface area (Å²) >= 11 is 1.23. The van der Waals surface area contributed by atoms with E-state index in [9.17, 15) is 14.9 Å². The molecule has 0 unspecified atom stereocenters. The fourth-order valence-corrected chi connectivity index (χ4v) is 3.09. The monoisotopic (exact) mass is 317 g/mol. The standard InChI is InChI=1S/C15H15N3O3S/c1-4-7-17-12-6-5-11(18(20)21)9-13(12)22-15(17)16-14(19)8-10(2)3/h1,5-6,9-10H,7-8H2,2-3H3. The molecule has 0 radical (unpaired) electrons. The minimum atomic E-state index is -0.453. The van der Waals surface area contributed by atoms with Gasteiger partial charge in [-0.15, -0.1) is 6.42 Å². The van der Waals surface area contributed by atoms with Crippen molar-refractivity contribution in [2.75, 3.05) is 0 Å². The van der Waals surface area contributed by atoms with Gasteiger partial charge in [0.05, 0.1) is 21.7 Å². The fourth-order valence-electron chi connectivity index (χ4n) is 2.01. The Morgan fingerprint density at radius 1 is 1.55 bits per heavy atom. The number of carbonyl (C=O) groups is 1. The second kappa shape index (κ2) is 6.54. The van der Waals surface area contributed by atoms with Crippen LogP contribution in [0.3, 0.4) is 0 Å². The summed E-state index contributed by atoms with van der Waals surface area (Å²) in [6.07, 6.45) is 5.72. The number of rotatable bonds is 4. The van der Waals surface area contributed by atoms with Crippen molar-refractivity contribution in [3.8, 4) is 12.3 Å². The van der Waals surface area contributed by atoms with Crippen molar-refractivity contribution in [1.29, 1.82) is 0 Å². The van der Waals surface area contributed by atoms with E-state index >= 15 is 0 Å². The molecular weight excluding hydrogens is 302 g/mol. The summed E-state index contributed by atoms with van der Waals surface area (Å²) < 4.78 is 2.41. The molecule has 7 heteroatoms. The maximum Gasteiger partial charge on any atom is 0.270 e. The first-order chi connectivity index (χ1) is 10.4. The molecule has 0 saturated heterocycles. The van der Waals surface area contributed by atoms with Gasteiger partial charge < -0.3 is 4.57 Å². The van der Waals surface area contributed by atoms with Gasteiger partial charge in [0.2, 0.25) is 5.91 Å². The van der Waals surface area contributed by atoms with Crippen LogP contribution in [0, 0.1) is 28.4 Å². The van der Waals surface area contributed by atoms with Crippen molar-refractivity contribution in [2.45, 2.75) is 26.8 Å². The molecule has 0 spiro atoms. The van der Waals surface area contributed by atoms with E-state index < -0.39 is 4.92 Å². The van der Waals surface area contributed by atoms with Crippen molar-refractivity contribution in [1.82, 2.24) is 4.57 Å². The molecule has 6 nitrogen and oxygen atoms in total. The third-order valence-corrected chi connectivity index (χ3v) is 3.97. The molecule has 2 aromatic rings. The summed E-state index contributed by atoms with van der Waals surface area (Å²) in [6, 6.07) is 4.52. The van der Waals surface area contributed by atoms with Crippen molar-refractivity contribution in [2.24, 2.45) is 10.9 Å². The zero-order valence-corrected chi connectivity index (χ0v) is 13.1. The number of nitrogens with zero attached hydrogens (tertiary/aromatic N) is 3. The highest BCUT2D eigenvalue weighted by molar-refractivity contribution is 7.16. The Bertz CT molecular complexity index is 840. The molecule has 0 fully saturated rings. The number of hydrogen-bond acceptors (Lipinski definition) is 4.